The second-order valence-electron chi connectivity index (χ2n) is 8.23. The van der Waals surface area contributed by atoms with Crippen molar-refractivity contribution in [3.8, 4) is 5.69 Å². The first-order chi connectivity index (χ1) is 15.9. The average Bonchev–Trinajstić information content (AvgIpc) is 3.19. The number of amides is 1. The molecule has 0 saturated heterocycles. The van der Waals surface area contributed by atoms with E-state index in [4.69, 9.17) is 0 Å². The highest BCUT2D eigenvalue weighted by Crippen LogP contribution is 2.41. The molecule has 0 N–H and O–H groups in total. The molecule has 1 unspecified atom stereocenters. The molecule has 1 aliphatic rings. The fourth-order valence-electron chi connectivity index (χ4n) is 4.23. The van der Waals surface area contributed by atoms with Crippen molar-refractivity contribution >= 4 is 11.6 Å². The summed E-state index contributed by atoms with van der Waals surface area (Å²) in [6.45, 7) is 1.83. The number of nitrogens with zero attached hydrogens (tertiary/aromatic N) is 4. The minimum atomic E-state index is -4.67. The van der Waals surface area contributed by atoms with E-state index in [9.17, 15) is 31.1 Å². The van der Waals surface area contributed by atoms with Crippen LogP contribution in [0.1, 0.15) is 58.7 Å². The zero-order valence-electron chi connectivity index (χ0n) is 18.2. The predicted octanol–water partition coefficient (Wildman–Crippen LogP) is 6.02. The van der Waals surface area contributed by atoms with Gasteiger partial charge in [0.15, 0.2) is 5.69 Å². The maximum absolute atomic E-state index is 13.6. The van der Waals surface area contributed by atoms with Gasteiger partial charge >= 0.3 is 12.4 Å². The number of carbonyl (C=O) groups is 1. The molecule has 0 spiro atoms. The number of fused-ring (bicyclic) bond motifs is 1. The summed E-state index contributed by atoms with van der Waals surface area (Å²) in [6, 6.07) is 7.89. The van der Waals surface area contributed by atoms with Gasteiger partial charge in [-0.3, -0.25) is 9.78 Å². The molecule has 4 rings (SSSR count). The molecule has 11 heteroatoms. The van der Waals surface area contributed by atoms with E-state index in [1.54, 1.807) is 6.07 Å². The third kappa shape index (κ3) is 4.38. The van der Waals surface area contributed by atoms with Gasteiger partial charge in [0.1, 0.15) is 5.69 Å². The lowest BCUT2D eigenvalue weighted by Gasteiger charge is -2.22. The van der Waals surface area contributed by atoms with Crippen LogP contribution in [0, 0.1) is 0 Å². The van der Waals surface area contributed by atoms with Gasteiger partial charge in [0.05, 0.1) is 11.4 Å². The van der Waals surface area contributed by atoms with Gasteiger partial charge in [-0.05, 0) is 55.5 Å². The number of pyridine rings is 1. The highest BCUT2D eigenvalue weighted by atomic mass is 19.4. The number of alkyl halides is 6. The van der Waals surface area contributed by atoms with Gasteiger partial charge in [-0.15, -0.1) is 0 Å². The summed E-state index contributed by atoms with van der Waals surface area (Å²) in [7, 11) is 1.31. The van der Waals surface area contributed by atoms with E-state index in [2.05, 4.69) is 10.1 Å². The Balaban J connectivity index is 1.72. The van der Waals surface area contributed by atoms with E-state index in [1.165, 1.54) is 36.0 Å². The van der Waals surface area contributed by atoms with Crippen molar-refractivity contribution in [1.82, 2.24) is 14.8 Å². The lowest BCUT2D eigenvalue weighted by molar-refractivity contribution is -0.142. The Morgan fingerprint density at radius 3 is 2.50 bits per heavy atom. The van der Waals surface area contributed by atoms with Gasteiger partial charge in [0.2, 0.25) is 0 Å². The number of halogens is 6. The largest absolute Gasteiger partial charge is 0.435 e. The van der Waals surface area contributed by atoms with E-state index in [-0.39, 0.29) is 34.8 Å². The molecule has 2 heterocycles. The topological polar surface area (TPSA) is 51.0 Å². The number of aromatic nitrogens is 3. The van der Waals surface area contributed by atoms with Crippen molar-refractivity contribution in [2.45, 2.75) is 44.5 Å². The number of hydrogen-bond donors (Lipinski definition) is 0. The van der Waals surface area contributed by atoms with Crippen LogP contribution in [-0.4, -0.2) is 27.7 Å². The number of benzene rings is 1. The van der Waals surface area contributed by atoms with Crippen molar-refractivity contribution in [3.63, 3.8) is 0 Å². The van der Waals surface area contributed by atoms with E-state index < -0.39 is 29.6 Å². The molecule has 1 atom stereocenters. The lowest BCUT2D eigenvalue weighted by atomic mass is 9.87. The standard InChI is InChI=1S/C23H20F6N4O/c1-13-5-3-8-17-19(13)33(31-20(17)23(27,28)29)16-7-4-6-14(11-16)21(34)32(2)15-9-10-30-18(12-15)22(24,25)26/h4,6-7,9-13H,3,5,8H2,1-2H3. The first kappa shape index (κ1) is 23.8. The minimum Gasteiger partial charge on any atom is -0.311 e. The minimum absolute atomic E-state index is 0.0258. The van der Waals surface area contributed by atoms with Crippen LogP contribution in [0.25, 0.3) is 5.69 Å². The Bertz CT molecular complexity index is 1230. The fourth-order valence-corrected chi connectivity index (χ4v) is 4.23. The van der Waals surface area contributed by atoms with Crippen molar-refractivity contribution in [2.24, 2.45) is 0 Å². The first-order valence-corrected chi connectivity index (χ1v) is 10.5. The zero-order chi connectivity index (χ0) is 24.8. The van der Waals surface area contributed by atoms with Gasteiger partial charge in [0.25, 0.3) is 5.91 Å². The summed E-state index contributed by atoms with van der Waals surface area (Å²) in [6.07, 6.45) is -6.74. The fraction of sp³-hybridized carbons (Fsp3) is 0.348. The number of hydrogen-bond acceptors (Lipinski definition) is 3. The third-order valence-corrected chi connectivity index (χ3v) is 5.89. The molecule has 0 fully saturated rings. The maximum Gasteiger partial charge on any atom is 0.435 e. The molecule has 2 aromatic heterocycles. The summed E-state index contributed by atoms with van der Waals surface area (Å²) in [5.41, 5.74) is -1.12. The van der Waals surface area contributed by atoms with Crippen molar-refractivity contribution in [1.29, 1.82) is 0 Å². The summed E-state index contributed by atoms with van der Waals surface area (Å²) in [5, 5.41) is 3.86. The van der Waals surface area contributed by atoms with Crippen LogP contribution < -0.4 is 4.90 Å². The molecule has 0 bridgehead atoms. The summed E-state index contributed by atoms with van der Waals surface area (Å²) in [5.74, 6) is -0.793. The lowest BCUT2D eigenvalue weighted by Crippen LogP contribution is -2.27. The average molecular weight is 482 g/mol. The third-order valence-electron chi connectivity index (χ3n) is 5.89. The van der Waals surface area contributed by atoms with Crippen LogP contribution in [0.3, 0.4) is 0 Å². The van der Waals surface area contributed by atoms with Gasteiger partial charge in [0, 0.05) is 30.1 Å². The molecule has 1 amide bonds. The van der Waals surface area contributed by atoms with Crippen LogP contribution in [-0.2, 0) is 18.8 Å². The Morgan fingerprint density at radius 2 is 1.82 bits per heavy atom. The predicted molar refractivity (Wildman–Crippen MR) is 112 cm³/mol. The number of rotatable bonds is 3. The van der Waals surface area contributed by atoms with Gasteiger partial charge < -0.3 is 4.90 Å². The second kappa shape index (κ2) is 8.44. The van der Waals surface area contributed by atoms with E-state index >= 15 is 0 Å². The second-order valence-corrected chi connectivity index (χ2v) is 8.23. The Hall–Kier alpha value is -3.37. The summed E-state index contributed by atoms with van der Waals surface area (Å²) in [4.78, 5) is 17.3. The smallest absolute Gasteiger partial charge is 0.311 e. The first-order valence-electron chi connectivity index (χ1n) is 10.5. The summed E-state index contributed by atoms with van der Waals surface area (Å²) < 4.78 is 81.1. The number of anilines is 1. The van der Waals surface area contributed by atoms with Crippen molar-refractivity contribution in [2.75, 3.05) is 11.9 Å². The zero-order valence-corrected chi connectivity index (χ0v) is 18.2. The SMILES string of the molecule is CC1CCCc2c(C(F)(F)F)nn(-c3cccc(C(=O)N(C)c4ccnc(C(F)(F)F)c4)c3)c21. The summed E-state index contributed by atoms with van der Waals surface area (Å²) >= 11 is 0. The van der Waals surface area contributed by atoms with Crippen LogP contribution in [0.2, 0.25) is 0 Å². The molecular formula is C23H20F6N4O. The molecule has 3 aromatic rings. The molecular weight excluding hydrogens is 462 g/mol. The maximum atomic E-state index is 13.6. The van der Waals surface area contributed by atoms with Crippen LogP contribution in [0.4, 0.5) is 32.0 Å². The van der Waals surface area contributed by atoms with Gasteiger partial charge in [-0.1, -0.05) is 13.0 Å². The molecule has 180 valence electrons. The quantitative estimate of drug-likeness (QED) is 0.429. The number of carbonyl (C=O) groups excluding carboxylic acids is 1. The van der Waals surface area contributed by atoms with Gasteiger partial charge in [-0.25, -0.2) is 4.68 Å². The van der Waals surface area contributed by atoms with Crippen LogP contribution in [0.5, 0.6) is 0 Å². The monoisotopic (exact) mass is 482 g/mol. The van der Waals surface area contributed by atoms with Crippen molar-refractivity contribution in [3.05, 3.63) is 70.8 Å². The van der Waals surface area contributed by atoms with Crippen LogP contribution in [0.15, 0.2) is 42.6 Å². The van der Waals surface area contributed by atoms with E-state index in [0.29, 0.717) is 18.5 Å². The normalized spacial score (nSPS) is 16.3. The molecule has 0 radical (unpaired) electrons. The Labute approximate surface area is 191 Å². The molecule has 1 aromatic carbocycles. The Morgan fingerprint density at radius 1 is 1.09 bits per heavy atom. The van der Waals surface area contributed by atoms with Crippen molar-refractivity contribution < 1.29 is 31.1 Å². The van der Waals surface area contributed by atoms with E-state index in [1.807, 2.05) is 6.92 Å². The molecule has 0 aliphatic heterocycles. The van der Waals surface area contributed by atoms with Gasteiger partial charge in [-0.2, -0.15) is 31.4 Å². The molecule has 0 saturated carbocycles. The van der Waals surface area contributed by atoms with Crippen LogP contribution >= 0.6 is 0 Å². The Kier molecular flexibility index (Phi) is 5.91. The highest BCUT2D eigenvalue weighted by Gasteiger charge is 2.41. The van der Waals surface area contributed by atoms with E-state index in [0.717, 1.165) is 17.2 Å². The highest BCUT2D eigenvalue weighted by molar-refractivity contribution is 6.06. The molecule has 1 aliphatic carbocycles. The molecule has 34 heavy (non-hydrogen) atoms. The molecule has 5 nitrogen and oxygen atoms in total.